The topological polar surface area (TPSA) is 118 Å². The first-order valence-corrected chi connectivity index (χ1v) is 8.83. The van der Waals surface area contributed by atoms with E-state index in [9.17, 15) is 9.59 Å². The van der Waals surface area contributed by atoms with Crippen molar-refractivity contribution in [1.82, 2.24) is 10.3 Å². The summed E-state index contributed by atoms with van der Waals surface area (Å²) in [4.78, 5) is 28.3. The third-order valence-corrected chi connectivity index (χ3v) is 4.30. The van der Waals surface area contributed by atoms with Gasteiger partial charge in [-0.1, -0.05) is 18.2 Å². The fourth-order valence-corrected chi connectivity index (χ4v) is 2.84. The summed E-state index contributed by atoms with van der Waals surface area (Å²) in [6.07, 6.45) is 3.08. The van der Waals surface area contributed by atoms with Crippen molar-refractivity contribution in [1.29, 1.82) is 5.41 Å². The maximum Gasteiger partial charge on any atom is 0.337 e. The van der Waals surface area contributed by atoms with Gasteiger partial charge in [-0.15, -0.1) is 0 Å². The van der Waals surface area contributed by atoms with E-state index in [1.54, 1.807) is 48.7 Å². The van der Waals surface area contributed by atoms with E-state index in [0.717, 1.165) is 16.7 Å². The molecule has 0 aliphatic rings. The van der Waals surface area contributed by atoms with Gasteiger partial charge in [-0.3, -0.25) is 15.2 Å². The number of nitrogens with one attached hydrogen (secondary N) is 2. The van der Waals surface area contributed by atoms with Crippen LogP contribution in [0.3, 0.4) is 0 Å². The number of ether oxygens (including phenoxy) is 1. The Morgan fingerprint density at radius 1 is 1.03 bits per heavy atom. The minimum Gasteiger partial charge on any atom is -0.465 e. The van der Waals surface area contributed by atoms with Gasteiger partial charge in [0.25, 0.3) is 5.91 Å². The minimum atomic E-state index is -0.477. The van der Waals surface area contributed by atoms with Gasteiger partial charge in [-0.25, -0.2) is 4.79 Å². The number of aromatic nitrogens is 1. The molecule has 0 fully saturated rings. The number of nitrogens with zero attached hydrogens (tertiary/aromatic N) is 1. The molecule has 146 valence electrons. The molecule has 0 spiro atoms. The van der Waals surface area contributed by atoms with E-state index in [2.05, 4.69) is 10.3 Å². The summed E-state index contributed by atoms with van der Waals surface area (Å²) in [5, 5.41) is 10.4. The molecule has 1 aromatic heterocycles. The molecule has 0 bridgehead atoms. The summed E-state index contributed by atoms with van der Waals surface area (Å²) < 4.78 is 4.85. The van der Waals surface area contributed by atoms with E-state index >= 15 is 0 Å². The average Bonchev–Trinajstić information content (AvgIpc) is 2.77. The molecule has 3 aromatic rings. The molecule has 1 amide bonds. The van der Waals surface area contributed by atoms with Gasteiger partial charge in [0.05, 0.1) is 18.2 Å². The van der Waals surface area contributed by atoms with Crippen molar-refractivity contribution >= 4 is 17.7 Å². The molecule has 0 saturated heterocycles. The molecule has 0 aliphatic carbocycles. The first kappa shape index (κ1) is 19.8. The number of carbonyl (C=O) groups is 2. The highest BCUT2D eigenvalue weighted by Gasteiger charge is 2.12. The van der Waals surface area contributed by atoms with Crippen LogP contribution in [0.4, 0.5) is 0 Å². The highest BCUT2D eigenvalue weighted by Crippen LogP contribution is 2.24. The van der Waals surface area contributed by atoms with Gasteiger partial charge in [-0.2, -0.15) is 0 Å². The zero-order chi connectivity index (χ0) is 20.8. The minimum absolute atomic E-state index is 0.0417. The van der Waals surface area contributed by atoms with Gasteiger partial charge >= 0.3 is 5.97 Å². The van der Waals surface area contributed by atoms with Crippen LogP contribution in [0.15, 0.2) is 67.0 Å². The molecular formula is C22H20N4O3. The van der Waals surface area contributed by atoms with Crippen LogP contribution in [0.1, 0.15) is 31.8 Å². The van der Waals surface area contributed by atoms with E-state index in [-0.39, 0.29) is 18.3 Å². The molecule has 4 N–H and O–H groups in total. The number of amides is 1. The Hall–Kier alpha value is -4.00. The van der Waals surface area contributed by atoms with E-state index in [4.69, 9.17) is 15.9 Å². The summed E-state index contributed by atoms with van der Waals surface area (Å²) in [5.74, 6) is -0.781. The molecule has 2 aromatic carbocycles. The lowest BCUT2D eigenvalue weighted by Crippen LogP contribution is -2.23. The average molecular weight is 388 g/mol. The Morgan fingerprint density at radius 2 is 1.79 bits per heavy atom. The van der Waals surface area contributed by atoms with Crippen molar-refractivity contribution in [2.45, 2.75) is 6.54 Å². The molecule has 0 atom stereocenters. The summed E-state index contributed by atoms with van der Waals surface area (Å²) in [6.45, 7) is 0.220. The molecule has 0 unspecified atom stereocenters. The maximum absolute atomic E-state index is 12.3. The van der Waals surface area contributed by atoms with Crippen molar-refractivity contribution in [3.8, 4) is 11.1 Å². The number of methoxy groups -OCH3 is 1. The molecule has 7 nitrogen and oxygen atoms in total. The summed E-state index contributed by atoms with van der Waals surface area (Å²) in [5.41, 5.74) is 9.25. The second kappa shape index (κ2) is 8.79. The molecule has 0 aliphatic heterocycles. The number of hydrogen-bond donors (Lipinski definition) is 3. The van der Waals surface area contributed by atoms with Gasteiger partial charge in [0, 0.05) is 24.5 Å². The van der Waals surface area contributed by atoms with Crippen molar-refractivity contribution in [2.24, 2.45) is 5.73 Å². The van der Waals surface area contributed by atoms with Crippen LogP contribution in [0, 0.1) is 5.41 Å². The highest BCUT2D eigenvalue weighted by molar-refractivity contribution is 5.97. The van der Waals surface area contributed by atoms with Gasteiger partial charge in [0.15, 0.2) is 0 Å². The number of nitrogen functional groups attached to an aromatic ring is 1. The molecule has 29 heavy (non-hydrogen) atoms. The van der Waals surface area contributed by atoms with Gasteiger partial charge in [0.2, 0.25) is 0 Å². The van der Waals surface area contributed by atoms with Gasteiger partial charge in [-0.05, 0) is 53.1 Å². The lowest BCUT2D eigenvalue weighted by Gasteiger charge is -2.11. The summed E-state index contributed by atoms with van der Waals surface area (Å²) in [6, 6.07) is 15.8. The van der Waals surface area contributed by atoms with Gasteiger partial charge < -0.3 is 15.8 Å². The molecule has 0 radical (unpaired) electrons. The zero-order valence-electron chi connectivity index (χ0n) is 15.8. The van der Waals surface area contributed by atoms with Crippen molar-refractivity contribution in [2.75, 3.05) is 7.11 Å². The zero-order valence-corrected chi connectivity index (χ0v) is 15.8. The largest absolute Gasteiger partial charge is 0.465 e. The lowest BCUT2D eigenvalue weighted by atomic mass is 9.98. The fourth-order valence-electron chi connectivity index (χ4n) is 2.84. The van der Waals surface area contributed by atoms with Crippen molar-refractivity contribution in [3.63, 3.8) is 0 Å². The Kier molecular flexibility index (Phi) is 5.99. The number of pyridine rings is 1. The first-order chi connectivity index (χ1) is 14.0. The van der Waals surface area contributed by atoms with Crippen LogP contribution in [0.25, 0.3) is 11.1 Å². The third-order valence-electron chi connectivity index (χ3n) is 4.30. The Balaban J connectivity index is 1.92. The Labute approximate surface area is 168 Å². The standard InChI is InChI=1S/C22H20N4O3/c1-29-22(28)19-9-14(12-26-21(27)17-6-3-7-25-13-17)8-18(11-19)15-4-2-5-16(10-15)20(23)24/h2-11,13H,12H2,1H3,(H3,23,24)(H,26,27). The molecular weight excluding hydrogens is 368 g/mol. The summed E-state index contributed by atoms with van der Waals surface area (Å²) in [7, 11) is 1.31. The molecule has 3 rings (SSSR count). The van der Waals surface area contributed by atoms with E-state index in [0.29, 0.717) is 16.7 Å². The monoisotopic (exact) mass is 388 g/mol. The molecule has 7 heteroatoms. The van der Waals surface area contributed by atoms with Crippen LogP contribution in [0.2, 0.25) is 0 Å². The molecule has 1 heterocycles. The number of rotatable bonds is 6. The highest BCUT2D eigenvalue weighted by atomic mass is 16.5. The van der Waals surface area contributed by atoms with Crippen LogP contribution in [-0.4, -0.2) is 29.8 Å². The molecule has 0 saturated carbocycles. The number of esters is 1. The van der Waals surface area contributed by atoms with Crippen LogP contribution >= 0.6 is 0 Å². The van der Waals surface area contributed by atoms with E-state index in [1.807, 2.05) is 12.1 Å². The first-order valence-electron chi connectivity index (χ1n) is 8.83. The van der Waals surface area contributed by atoms with E-state index < -0.39 is 5.97 Å². The summed E-state index contributed by atoms with van der Waals surface area (Å²) >= 11 is 0. The van der Waals surface area contributed by atoms with Crippen molar-refractivity contribution in [3.05, 3.63) is 89.2 Å². The Bertz CT molecular complexity index is 1060. The van der Waals surface area contributed by atoms with Crippen molar-refractivity contribution < 1.29 is 14.3 Å². The van der Waals surface area contributed by atoms with E-state index in [1.165, 1.54) is 13.3 Å². The fraction of sp³-hybridized carbons (Fsp3) is 0.0909. The van der Waals surface area contributed by atoms with Crippen LogP contribution < -0.4 is 11.1 Å². The quantitative estimate of drug-likeness (QED) is 0.341. The maximum atomic E-state index is 12.3. The smallest absolute Gasteiger partial charge is 0.337 e. The Morgan fingerprint density at radius 3 is 2.48 bits per heavy atom. The number of carbonyl (C=O) groups excluding carboxylic acids is 2. The van der Waals surface area contributed by atoms with Gasteiger partial charge in [0.1, 0.15) is 5.84 Å². The van der Waals surface area contributed by atoms with Crippen LogP contribution in [0.5, 0.6) is 0 Å². The number of amidine groups is 1. The predicted octanol–water partition coefficient (Wildman–Crippen LogP) is 2.75. The normalized spacial score (nSPS) is 10.2. The number of nitrogens with two attached hydrogens (primary N) is 1. The number of hydrogen-bond acceptors (Lipinski definition) is 5. The predicted molar refractivity (Wildman–Crippen MR) is 110 cm³/mol. The number of benzene rings is 2. The third kappa shape index (κ3) is 4.84. The second-order valence-corrected chi connectivity index (χ2v) is 6.33. The SMILES string of the molecule is COC(=O)c1cc(CNC(=O)c2cccnc2)cc(-c2cccc(C(=N)N)c2)c1. The lowest BCUT2D eigenvalue weighted by molar-refractivity contribution is 0.0600. The van der Waals surface area contributed by atoms with Crippen LogP contribution in [-0.2, 0) is 11.3 Å². The second-order valence-electron chi connectivity index (χ2n) is 6.33.